The second-order valence-electron chi connectivity index (χ2n) is 5.04. The van der Waals surface area contributed by atoms with Gasteiger partial charge in [0.2, 0.25) is 0 Å². The fourth-order valence-corrected chi connectivity index (χ4v) is 2.47. The number of ether oxygens (including phenoxy) is 3. The van der Waals surface area contributed by atoms with Gasteiger partial charge in [0.25, 0.3) is 0 Å². The Hall–Kier alpha value is -2.66. The molecule has 0 radical (unpaired) electrons. The fraction of sp³-hybridized carbons (Fsp3) is 0.211. The molecule has 6 heteroatoms. The molecule has 0 saturated carbocycles. The predicted molar refractivity (Wildman–Crippen MR) is 101 cm³/mol. The molecule has 0 saturated heterocycles. The maximum absolute atomic E-state index is 6.26. The third-order valence-corrected chi connectivity index (χ3v) is 3.64. The Morgan fingerprint density at radius 3 is 2.64 bits per heavy atom. The van der Waals surface area contributed by atoms with Crippen molar-refractivity contribution >= 4 is 17.8 Å². The predicted octanol–water partition coefficient (Wildman–Crippen LogP) is 4.05. The molecular weight excluding hydrogens is 340 g/mol. The first-order chi connectivity index (χ1) is 12.2. The van der Waals surface area contributed by atoms with Crippen LogP contribution in [0.15, 0.2) is 54.2 Å². The molecule has 25 heavy (non-hydrogen) atoms. The Labute approximate surface area is 152 Å². The third-order valence-electron chi connectivity index (χ3n) is 3.36. The summed E-state index contributed by atoms with van der Waals surface area (Å²) in [5, 5.41) is 4.67. The van der Waals surface area contributed by atoms with Gasteiger partial charge in [-0.05, 0) is 23.8 Å². The molecule has 0 unspecified atom stereocenters. The summed E-state index contributed by atoms with van der Waals surface area (Å²) >= 11 is 6.26. The average Bonchev–Trinajstić information content (AvgIpc) is 2.64. The molecule has 1 N–H and O–H groups in total. The average molecular weight is 361 g/mol. The molecule has 0 atom stereocenters. The lowest BCUT2D eigenvalue weighted by Crippen LogP contribution is -2.07. The standard InChI is InChI=1S/C19H21ClN2O3/c1-4-9-25-19-16(20)10-14(11-18(19)24-3)12-21-22-13-15-7-5-6-8-17(15)23-2/h4-8,10-12,22H,1,9,13H2,2-3H3/b21-12+. The Morgan fingerprint density at radius 1 is 1.16 bits per heavy atom. The molecular formula is C19H21ClN2O3. The van der Waals surface area contributed by atoms with Crippen LogP contribution in [-0.4, -0.2) is 27.0 Å². The van der Waals surface area contributed by atoms with Crippen LogP contribution < -0.4 is 19.6 Å². The molecule has 0 aliphatic heterocycles. The highest BCUT2D eigenvalue weighted by atomic mass is 35.5. The van der Waals surface area contributed by atoms with E-state index in [1.807, 2.05) is 24.3 Å². The number of methoxy groups -OCH3 is 2. The zero-order valence-electron chi connectivity index (χ0n) is 14.3. The van der Waals surface area contributed by atoms with Crippen LogP contribution in [0.5, 0.6) is 17.2 Å². The first-order valence-electron chi connectivity index (χ1n) is 7.68. The second kappa shape index (κ2) is 9.59. The molecule has 0 amide bonds. The van der Waals surface area contributed by atoms with Crippen LogP contribution in [0, 0.1) is 0 Å². The minimum absolute atomic E-state index is 0.351. The summed E-state index contributed by atoms with van der Waals surface area (Å²) in [5.41, 5.74) is 4.80. The van der Waals surface area contributed by atoms with Gasteiger partial charge in [0, 0.05) is 5.56 Å². The summed E-state index contributed by atoms with van der Waals surface area (Å²) in [6, 6.07) is 11.3. The minimum atomic E-state index is 0.351. The summed E-state index contributed by atoms with van der Waals surface area (Å²) in [6.07, 6.45) is 3.31. The van der Waals surface area contributed by atoms with E-state index in [-0.39, 0.29) is 0 Å². The molecule has 132 valence electrons. The first-order valence-corrected chi connectivity index (χ1v) is 8.06. The Bertz CT molecular complexity index is 747. The van der Waals surface area contributed by atoms with E-state index in [4.69, 9.17) is 25.8 Å². The molecule has 2 aromatic rings. The Balaban J connectivity index is 2.05. The summed E-state index contributed by atoms with van der Waals surface area (Å²) in [5.74, 6) is 1.85. The van der Waals surface area contributed by atoms with E-state index in [1.54, 1.807) is 38.6 Å². The van der Waals surface area contributed by atoms with Crippen molar-refractivity contribution in [3.05, 3.63) is 65.2 Å². The van der Waals surface area contributed by atoms with Gasteiger partial charge in [-0.3, -0.25) is 0 Å². The normalized spacial score (nSPS) is 10.5. The number of hydrogen-bond acceptors (Lipinski definition) is 5. The zero-order chi connectivity index (χ0) is 18.1. The van der Waals surface area contributed by atoms with Crippen molar-refractivity contribution in [2.24, 2.45) is 5.10 Å². The van der Waals surface area contributed by atoms with Gasteiger partial charge >= 0.3 is 0 Å². The summed E-state index contributed by atoms with van der Waals surface area (Å²) < 4.78 is 16.2. The first kappa shape index (κ1) is 18.7. The lowest BCUT2D eigenvalue weighted by Gasteiger charge is -2.12. The summed E-state index contributed by atoms with van der Waals surface area (Å²) in [7, 11) is 3.21. The number of hydrazone groups is 1. The highest BCUT2D eigenvalue weighted by Gasteiger charge is 2.11. The van der Waals surface area contributed by atoms with Crippen molar-refractivity contribution in [2.45, 2.75) is 6.54 Å². The van der Waals surface area contributed by atoms with Gasteiger partial charge in [-0.25, -0.2) is 0 Å². The van der Waals surface area contributed by atoms with Crippen molar-refractivity contribution in [1.82, 2.24) is 5.43 Å². The lowest BCUT2D eigenvalue weighted by atomic mass is 10.2. The van der Waals surface area contributed by atoms with Crippen molar-refractivity contribution in [3.8, 4) is 17.2 Å². The van der Waals surface area contributed by atoms with Gasteiger partial charge in [-0.1, -0.05) is 42.5 Å². The zero-order valence-corrected chi connectivity index (χ0v) is 15.0. The highest BCUT2D eigenvalue weighted by Crippen LogP contribution is 2.36. The third kappa shape index (κ3) is 5.16. The molecule has 0 aliphatic carbocycles. The molecule has 5 nitrogen and oxygen atoms in total. The monoisotopic (exact) mass is 360 g/mol. The van der Waals surface area contributed by atoms with Crippen LogP contribution in [0.3, 0.4) is 0 Å². The van der Waals surface area contributed by atoms with Crippen LogP contribution in [0.4, 0.5) is 0 Å². The minimum Gasteiger partial charge on any atom is -0.496 e. The van der Waals surface area contributed by atoms with Crippen LogP contribution in [0.1, 0.15) is 11.1 Å². The molecule has 0 bridgehead atoms. The lowest BCUT2D eigenvalue weighted by molar-refractivity contribution is 0.326. The molecule has 0 fully saturated rings. The SMILES string of the molecule is C=CCOc1c(Cl)cc(/C=N/NCc2ccccc2OC)cc1OC. The summed E-state index contributed by atoms with van der Waals surface area (Å²) in [4.78, 5) is 0. The van der Waals surface area contributed by atoms with Crippen molar-refractivity contribution in [1.29, 1.82) is 0 Å². The highest BCUT2D eigenvalue weighted by molar-refractivity contribution is 6.32. The number of nitrogens with zero attached hydrogens (tertiary/aromatic N) is 1. The maximum Gasteiger partial charge on any atom is 0.180 e. The molecule has 0 heterocycles. The molecule has 0 spiro atoms. The Morgan fingerprint density at radius 2 is 1.92 bits per heavy atom. The molecule has 2 aromatic carbocycles. The van der Waals surface area contributed by atoms with E-state index >= 15 is 0 Å². The van der Waals surface area contributed by atoms with E-state index in [2.05, 4.69) is 17.1 Å². The van der Waals surface area contributed by atoms with Crippen LogP contribution in [0.2, 0.25) is 5.02 Å². The quantitative estimate of drug-likeness (QED) is 0.416. The molecule has 0 aliphatic rings. The van der Waals surface area contributed by atoms with Crippen molar-refractivity contribution in [3.63, 3.8) is 0 Å². The van der Waals surface area contributed by atoms with Gasteiger partial charge in [0.05, 0.1) is 32.0 Å². The number of halogens is 1. The number of hydrogen-bond donors (Lipinski definition) is 1. The van der Waals surface area contributed by atoms with E-state index in [1.165, 1.54) is 0 Å². The summed E-state index contributed by atoms with van der Waals surface area (Å²) in [6.45, 7) is 4.52. The molecule has 2 rings (SSSR count). The van der Waals surface area contributed by atoms with Gasteiger partial charge in [0.1, 0.15) is 12.4 Å². The number of benzene rings is 2. The van der Waals surface area contributed by atoms with Crippen LogP contribution >= 0.6 is 11.6 Å². The van der Waals surface area contributed by atoms with Crippen LogP contribution in [-0.2, 0) is 6.54 Å². The number of nitrogens with one attached hydrogen (secondary N) is 1. The topological polar surface area (TPSA) is 52.1 Å². The van der Waals surface area contributed by atoms with E-state index < -0.39 is 0 Å². The van der Waals surface area contributed by atoms with Gasteiger partial charge in [-0.2, -0.15) is 5.10 Å². The van der Waals surface area contributed by atoms with Crippen molar-refractivity contribution in [2.75, 3.05) is 20.8 Å². The Kier molecular flexibility index (Phi) is 7.16. The van der Waals surface area contributed by atoms with Gasteiger partial charge < -0.3 is 19.6 Å². The number of para-hydroxylation sites is 1. The number of rotatable bonds is 9. The van der Waals surface area contributed by atoms with Crippen LogP contribution in [0.25, 0.3) is 0 Å². The smallest absolute Gasteiger partial charge is 0.180 e. The van der Waals surface area contributed by atoms with Crippen molar-refractivity contribution < 1.29 is 14.2 Å². The van der Waals surface area contributed by atoms with E-state index in [0.29, 0.717) is 29.7 Å². The van der Waals surface area contributed by atoms with Gasteiger partial charge in [0.15, 0.2) is 11.5 Å². The maximum atomic E-state index is 6.26. The largest absolute Gasteiger partial charge is 0.496 e. The fourth-order valence-electron chi connectivity index (χ4n) is 2.20. The molecule has 0 aromatic heterocycles. The van der Waals surface area contributed by atoms with E-state index in [9.17, 15) is 0 Å². The van der Waals surface area contributed by atoms with E-state index in [0.717, 1.165) is 16.9 Å². The second-order valence-corrected chi connectivity index (χ2v) is 5.45. The van der Waals surface area contributed by atoms with Gasteiger partial charge in [-0.15, -0.1) is 0 Å².